The average molecular weight is 419 g/mol. The predicted molar refractivity (Wildman–Crippen MR) is 103 cm³/mol. The van der Waals surface area contributed by atoms with Crippen LogP contribution in [0.2, 0.25) is 0 Å². The van der Waals surface area contributed by atoms with E-state index in [1.54, 1.807) is 6.07 Å². The van der Waals surface area contributed by atoms with Gasteiger partial charge in [-0.25, -0.2) is 0 Å². The highest BCUT2D eigenvalue weighted by atomic mass is 19.4. The number of amides is 1. The first-order chi connectivity index (χ1) is 14.4. The lowest BCUT2D eigenvalue weighted by Gasteiger charge is -2.18. The summed E-state index contributed by atoms with van der Waals surface area (Å²) in [4.78, 5) is 12.5. The summed E-state index contributed by atoms with van der Waals surface area (Å²) in [6.07, 6.45) is -1.87. The smallest absolute Gasteiger partial charge is 0.416 e. The quantitative estimate of drug-likeness (QED) is 0.752. The van der Waals surface area contributed by atoms with E-state index >= 15 is 0 Å². The Kier molecular flexibility index (Phi) is 5.57. The first-order valence-electron chi connectivity index (χ1n) is 9.61. The second-order valence-corrected chi connectivity index (χ2v) is 7.03. The molecule has 2 aliphatic rings. The van der Waals surface area contributed by atoms with E-state index in [2.05, 4.69) is 5.32 Å². The molecule has 0 spiro atoms. The Bertz CT molecular complexity index is 985. The van der Waals surface area contributed by atoms with Gasteiger partial charge < -0.3 is 19.5 Å². The van der Waals surface area contributed by atoms with Gasteiger partial charge in [-0.2, -0.15) is 13.2 Å². The fraction of sp³-hybridized carbons (Fsp3) is 0.318. The molecule has 158 valence electrons. The van der Waals surface area contributed by atoms with Gasteiger partial charge in [0, 0.05) is 18.2 Å². The number of nitrogens with one attached hydrogen (secondary N) is 1. The molecule has 2 aromatic carbocycles. The largest absolute Gasteiger partial charge is 0.493 e. The number of carbonyl (C=O) groups excluding carboxylic acids is 1. The molecule has 2 aromatic rings. The molecule has 0 aromatic heterocycles. The Morgan fingerprint density at radius 1 is 0.967 bits per heavy atom. The highest BCUT2D eigenvalue weighted by molar-refractivity contribution is 5.96. The minimum atomic E-state index is -4.45. The molecule has 0 saturated carbocycles. The molecule has 1 N–H and O–H groups in total. The van der Waals surface area contributed by atoms with Crippen LogP contribution in [0.4, 0.5) is 13.2 Å². The second-order valence-electron chi connectivity index (χ2n) is 7.03. The van der Waals surface area contributed by atoms with Crippen molar-refractivity contribution in [2.75, 3.05) is 19.8 Å². The van der Waals surface area contributed by atoms with Crippen molar-refractivity contribution in [3.05, 3.63) is 59.2 Å². The molecule has 0 radical (unpaired) electrons. The van der Waals surface area contributed by atoms with Crippen LogP contribution in [-0.4, -0.2) is 25.7 Å². The van der Waals surface area contributed by atoms with Gasteiger partial charge >= 0.3 is 6.18 Å². The molecule has 0 aliphatic carbocycles. The van der Waals surface area contributed by atoms with E-state index in [4.69, 9.17) is 14.2 Å². The summed E-state index contributed by atoms with van der Waals surface area (Å²) in [5, 5.41) is 2.81. The van der Waals surface area contributed by atoms with Crippen LogP contribution in [0, 0.1) is 0 Å². The van der Waals surface area contributed by atoms with Gasteiger partial charge in [-0.15, -0.1) is 0 Å². The maximum absolute atomic E-state index is 13.0. The number of fused-ring (bicyclic) bond motifs is 2. The molecular weight excluding hydrogens is 399 g/mol. The van der Waals surface area contributed by atoms with Crippen molar-refractivity contribution in [1.29, 1.82) is 0 Å². The molecule has 8 heteroatoms. The normalized spacial score (nSPS) is 17.0. The van der Waals surface area contributed by atoms with Crippen molar-refractivity contribution in [2.45, 2.75) is 25.6 Å². The van der Waals surface area contributed by atoms with Crippen molar-refractivity contribution in [1.82, 2.24) is 5.32 Å². The molecule has 0 bridgehead atoms. The van der Waals surface area contributed by atoms with Crippen molar-refractivity contribution in [2.24, 2.45) is 0 Å². The number of ether oxygens (including phenoxy) is 3. The van der Waals surface area contributed by atoms with Crippen LogP contribution in [0.15, 0.2) is 42.5 Å². The first-order valence-corrected chi connectivity index (χ1v) is 9.61. The summed E-state index contributed by atoms with van der Waals surface area (Å²) in [5.41, 5.74) is 1.24. The van der Waals surface area contributed by atoms with E-state index in [0.717, 1.165) is 17.7 Å². The molecule has 2 heterocycles. The third-order valence-corrected chi connectivity index (χ3v) is 4.88. The van der Waals surface area contributed by atoms with Crippen molar-refractivity contribution in [3.8, 4) is 17.2 Å². The van der Waals surface area contributed by atoms with Gasteiger partial charge in [0.1, 0.15) is 19.0 Å². The monoisotopic (exact) mass is 419 g/mol. The van der Waals surface area contributed by atoms with Gasteiger partial charge in [-0.05, 0) is 48.2 Å². The highest BCUT2D eigenvalue weighted by Crippen LogP contribution is 2.38. The van der Waals surface area contributed by atoms with Gasteiger partial charge in [-0.1, -0.05) is 12.1 Å². The molecular formula is C22H20F3NO4. The number of hydrogen-bond acceptors (Lipinski definition) is 4. The van der Waals surface area contributed by atoms with E-state index in [1.807, 2.05) is 12.1 Å². The summed E-state index contributed by atoms with van der Waals surface area (Å²) in [6, 6.07) is 8.81. The standard InChI is InChI=1S/C22H20F3NO4/c23-22(24,25)16-4-5-17-15(2-1-7-28-19(17)12-16)11-21(27)26-13-14-3-6-18-20(10-14)30-9-8-29-18/h3-6,10-12H,1-2,7-9,13H2,(H,26,27). The number of rotatable bonds is 3. The fourth-order valence-electron chi connectivity index (χ4n) is 3.41. The lowest BCUT2D eigenvalue weighted by molar-refractivity contribution is -0.137. The van der Waals surface area contributed by atoms with Crippen LogP contribution in [0.5, 0.6) is 17.2 Å². The minimum Gasteiger partial charge on any atom is -0.493 e. The molecule has 0 fully saturated rings. The molecule has 4 rings (SSSR count). The Balaban J connectivity index is 1.48. The molecule has 0 saturated heterocycles. The number of alkyl halides is 3. The lowest BCUT2D eigenvalue weighted by Crippen LogP contribution is -2.21. The number of carbonyl (C=O) groups is 1. The van der Waals surface area contributed by atoms with Crippen LogP contribution in [0.25, 0.3) is 5.57 Å². The summed E-state index contributed by atoms with van der Waals surface area (Å²) in [5.74, 6) is 1.13. The number of hydrogen-bond donors (Lipinski definition) is 1. The van der Waals surface area contributed by atoms with E-state index in [9.17, 15) is 18.0 Å². The van der Waals surface area contributed by atoms with E-state index < -0.39 is 11.7 Å². The zero-order valence-corrected chi connectivity index (χ0v) is 16.1. The van der Waals surface area contributed by atoms with Crippen LogP contribution < -0.4 is 19.5 Å². The molecule has 0 unspecified atom stereocenters. The number of benzene rings is 2. The van der Waals surface area contributed by atoms with Gasteiger partial charge in [0.2, 0.25) is 5.91 Å². The van der Waals surface area contributed by atoms with E-state index in [1.165, 1.54) is 12.1 Å². The maximum atomic E-state index is 13.0. The van der Waals surface area contributed by atoms with Crippen LogP contribution in [-0.2, 0) is 17.5 Å². The summed E-state index contributed by atoms with van der Waals surface area (Å²) in [6.45, 7) is 1.57. The van der Waals surface area contributed by atoms with Crippen LogP contribution >= 0.6 is 0 Å². The summed E-state index contributed by atoms with van der Waals surface area (Å²) < 4.78 is 55.4. The Morgan fingerprint density at radius 3 is 2.53 bits per heavy atom. The third-order valence-electron chi connectivity index (χ3n) is 4.88. The van der Waals surface area contributed by atoms with Crippen LogP contribution in [0.1, 0.15) is 29.5 Å². The first kappa shape index (κ1) is 20.1. The zero-order chi connectivity index (χ0) is 21.1. The van der Waals surface area contributed by atoms with E-state index in [-0.39, 0.29) is 18.2 Å². The minimum absolute atomic E-state index is 0.146. The van der Waals surface area contributed by atoms with Crippen molar-refractivity contribution in [3.63, 3.8) is 0 Å². The summed E-state index contributed by atoms with van der Waals surface area (Å²) in [7, 11) is 0. The van der Waals surface area contributed by atoms with Gasteiger partial charge in [0.15, 0.2) is 11.5 Å². The lowest BCUT2D eigenvalue weighted by atomic mass is 9.99. The highest BCUT2D eigenvalue weighted by Gasteiger charge is 2.32. The maximum Gasteiger partial charge on any atom is 0.416 e. The number of allylic oxidation sites excluding steroid dienone is 1. The number of halogens is 3. The summed E-state index contributed by atoms with van der Waals surface area (Å²) >= 11 is 0. The zero-order valence-electron chi connectivity index (χ0n) is 16.1. The van der Waals surface area contributed by atoms with Gasteiger partial charge in [-0.3, -0.25) is 4.79 Å². The molecule has 1 amide bonds. The third kappa shape index (κ3) is 4.53. The average Bonchev–Trinajstić information content (AvgIpc) is 2.93. The fourth-order valence-corrected chi connectivity index (χ4v) is 3.41. The SMILES string of the molecule is O=C(C=C1CCCOc2cc(C(F)(F)F)ccc21)NCc1ccc2c(c1)OCCO2. The van der Waals surface area contributed by atoms with Gasteiger partial charge in [0.25, 0.3) is 0 Å². The predicted octanol–water partition coefficient (Wildman–Crippen LogP) is 4.35. The topological polar surface area (TPSA) is 56.8 Å². The molecule has 0 atom stereocenters. The van der Waals surface area contributed by atoms with E-state index in [0.29, 0.717) is 55.3 Å². The molecule has 2 aliphatic heterocycles. The molecule has 5 nitrogen and oxygen atoms in total. The Morgan fingerprint density at radius 2 is 1.73 bits per heavy atom. The van der Waals surface area contributed by atoms with Crippen molar-refractivity contribution < 1.29 is 32.2 Å². The molecule has 30 heavy (non-hydrogen) atoms. The van der Waals surface area contributed by atoms with Gasteiger partial charge in [0.05, 0.1) is 12.2 Å². The van der Waals surface area contributed by atoms with Crippen molar-refractivity contribution >= 4 is 11.5 Å². The second kappa shape index (κ2) is 8.30. The van der Waals surface area contributed by atoms with Crippen LogP contribution in [0.3, 0.4) is 0 Å². The Labute approximate surface area is 171 Å². The Hall–Kier alpha value is -3.16.